The molecule has 8 heteroatoms. The summed E-state index contributed by atoms with van der Waals surface area (Å²) in [4.78, 5) is 18.5. The first kappa shape index (κ1) is 24.1. The number of para-hydroxylation sites is 2. The number of anilines is 2. The lowest BCUT2D eigenvalue weighted by Gasteiger charge is -2.29. The fraction of sp³-hybridized carbons (Fsp3) is 0.207. The molecule has 0 aliphatic carbocycles. The number of nitrogens with zero attached hydrogens (tertiary/aromatic N) is 3. The first-order chi connectivity index (χ1) is 18.1. The van der Waals surface area contributed by atoms with Crippen molar-refractivity contribution in [2.75, 3.05) is 23.8 Å². The first-order valence-electron chi connectivity index (χ1n) is 12.3. The highest BCUT2D eigenvalue weighted by Crippen LogP contribution is 2.40. The van der Waals surface area contributed by atoms with Crippen LogP contribution in [0.1, 0.15) is 32.4 Å². The second-order valence-electron chi connectivity index (χ2n) is 8.52. The minimum atomic E-state index is -0.549. The third kappa shape index (κ3) is 4.91. The third-order valence-corrected chi connectivity index (χ3v) is 6.07. The molecule has 4 aromatic rings. The molecule has 0 bridgehead atoms. The number of aromatic nitrogens is 3. The molecule has 5 rings (SSSR count). The highest BCUT2D eigenvalue weighted by molar-refractivity contribution is 6.06. The number of benzene rings is 3. The number of nitrogens with one attached hydrogen (secondary N) is 2. The Morgan fingerprint density at radius 1 is 0.946 bits per heavy atom. The van der Waals surface area contributed by atoms with Gasteiger partial charge in [-0.2, -0.15) is 4.98 Å². The van der Waals surface area contributed by atoms with Crippen LogP contribution >= 0.6 is 0 Å². The van der Waals surface area contributed by atoms with Gasteiger partial charge in [-0.1, -0.05) is 36.4 Å². The molecule has 188 valence electrons. The Morgan fingerprint density at radius 3 is 2.38 bits per heavy atom. The zero-order valence-corrected chi connectivity index (χ0v) is 21.1. The normalized spacial score (nSPS) is 14.5. The first-order valence-corrected chi connectivity index (χ1v) is 12.3. The van der Waals surface area contributed by atoms with Gasteiger partial charge in [-0.25, -0.2) is 4.68 Å². The quantitative estimate of drug-likeness (QED) is 0.327. The van der Waals surface area contributed by atoms with Crippen molar-refractivity contribution in [3.8, 4) is 22.9 Å². The Bertz CT molecular complexity index is 1430. The maximum absolute atomic E-state index is 13.7. The number of hydrogen-bond donors (Lipinski definition) is 2. The molecule has 37 heavy (non-hydrogen) atoms. The molecule has 0 spiro atoms. The monoisotopic (exact) mass is 495 g/mol. The maximum Gasteiger partial charge on any atom is 0.255 e. The highest BCUT2D eigenvalue weighted by atomic mass is 16.5. The van der Waals surface area contributed by atoms with E-state index < -0.39 is 6.04 Å². The highest BCUT2D eigenvalue weighted by Gasteiger charge is 2.36. The van der Waals surface area contributed by atoms with Gasteiger partial charge in [0.15, 0.2) is 5.82 Å². The van der Waals surface area contributed by atoms with Crippen LogP contribution in [0.3, 0.4) is 0 Å². The van der Waals surface area contributed by atoms with Gasteiger partial charge in [0.2, 0.25) is 5.95 Å². The summed E-state index contributed by atoms with van der Waals surface area (Å²) in [5.74, 6) is 2.35. The lowest BCUT2D eigenvalue weighted by molar-refractivity contribution is -0.113. The molecule has 2 N–H and O–H groups in total. The average Bonchev–Trinajstić information content (AvgIpc) is 3.33. The van der Waals surface area contributed by atoms with Gasteiger partial charge in [-0.05, 0) is 63.2 Å². The summed E-state index contributed by atoms with van der Waals surface area (Å²) < 4.78 is 13.3. The molecule has 1 aliphatic heterocycles. The summed E-state index contributed by atoms with van der Waals surface area (Å²) >= 11 is 0. The topological polar surface area (TPSA) is 90.3 Å². The van der Waals surface area contributed by atoms with Crippen molar-refractivity contribution in [1.29, 1.82) is 0 Å². The largest absolute Gasteiger partial charge is 0.494 e. The smallest absolute Gasteiger partial charge is 0.255 e. The van der Waals surface area contributed by atoms with E-state index in [1.807, 2.05) is 99.6 Å². The summed E-state index contributed by atoms with van der Waals surface area (Å²) in [6.45, 7) is 6.86. The van der Waals surface area contributed by atoms with Gasteiger partial charge in [0, 0.05) is 22.5 Å². The van der Waals surface area contributed by atoms with Crippen LogP contribution in [0.15, 0.2) is 90.1 Å². The van der Waals surface area contributed by atoms with Crippen LogP contribution < -0.4 is 20.1 Å². The predicted molar refractivity (Wildman–Crippen MR) is 144 cm³/mol. The second kappa shape index (κ2) is 10.6. The molecule has 0 saturated heterocycles. The number of amides is 1. The van der Waals surface area contributed by atoms with Gasteiger partial charge in [-0.15, -0.1) is 5.10 Å². The van der Waals surface area contributed by atoms with Crippen LogP contribution in [0, 0.1) is 0 Å². The summed E-state index contributed by atoms with van der Waals surface area (Å²) in [5.41, 5.74) is 3.61. The molecule has 0 saturated carbocycles. The van der Waals surface area contributed by atoms with E-state index in [1.165, 1.54) is 0 Å². The summed E-state index contributed by atoms with van der Waals surface area (Å²) in [7, 11) is 0. The number of allylic oxidation sites excluding steroid dienone is 1. The van der Waals surface area contributed by atoms with Crippen molar-refractivity contribution in [1.82, 2.24) is 14.8 Å². The number of carbonyl (C=O) groups is 1. The fourth-order valence-corrected chi connectivity index (χ4v) is 4.44. The Kier molecular flexibility index (Phi) is 6.89. The van der Waals surface area contributed by atoms with Crippen LogP contribution in [-0.4, -0.2) is 33.9 Å². The molecular formula is C29H29N5O3. The van der Waals surface area contributed by atoms with E-state index in [4.69, 9.17) is 19.6 Å². The van der Waals surface area contributed by atoms with Crippen molar-refractivity contribution < 1.29 is 14.3 Å². The molecule has 3 aromatic carbocycles. The number of rotatable bonds is 8. The van der Waals surface area contributed by atoms with Gasteiger partial charge in [0.25, 0.3) is 5.91 Å². The number of hydrogen-bond acceptors (Lipinski definition) is 6. The van der Waals surface area contributed by atoms with Crippen molar-refractivity contribution in [2.24, 2.45) is 0 Å². The van der Waals surface area contributed by atoms with Crippen molar-refractivity contribution in [3.05, 3.63) is 95.7 Å². The molecule has 8 nitrogen and oxygen atoms in total. The zero-order valence-electron chi connectivity index (χ0n) is 21.1. The van der Waals surface area contributed by atoms with Crippen LogP contribution in [0.25, 0.3) is 11.4 Å². The summed E-state index contributed by atoms with van der Waals surface area (Å²) in [6, 6.07) is 24.2. The van der Waals surface area contributed by atoms with Gasteiger partial charge in [0.1, 0.15) is 17.5 Å². The minimum absolute atomic E-state index is 0.226. The lowest BCUT2D eigenvalue weighted by atomic mass is 9.94. The Morgan fingerprint density at radius 2 is 1.65 bits per heavy atom. The van der Waals surface area contributed by atoms with E-state index in [2.05, 4.69) is 10.6 Å². The van der Waals surface area contributed by atoms with Gasteiger partial charge in [-0.3, -0.25) is 4.79 Å². The van der Waals surface area contributed by atoms with Gasteiger partial charge >= 0.3 is 0 Å². The molecule has 0 fully saturated rings. The Labute approximate surface area is 216 Å². The molecule has 1 atom stereocenters. The molecule has 1 amide bonds. The third-order valence-electron chi connectivity index (χ3n) is 6.07. The predicted octanol–water partition coefficient (Wildman–Crippen LogP) is 5.67. The molecule has 1 aromatic heterocycles. The molecule has 1 unspecified atom stereocenters. The number of carbonyl (C=O) groups excluding carboxylic acids is 1. The van der Waals surface area contributed by atoms with E-state index >= 15 is 0 Å². The molecule has 1 aliphatic rings. The number of fused-ring (bicyclic) bond motifs is 1. The van der Waals surface area contributed by atoms with Crippen LogP contribution in [-0.2, 0) is 4.79 Å². The van der Waals surface area contributed by atoms with Crippen LogP contribution in [0.4, 0.5) is 11.6 Å². The van der Waals surface area contributed by atoms with E-state index in [9.17, 15) is 4.79 Å². The lowest BCUT2D eigenvalue weighted by Crippen LogP contribution is -2.31. The zero-order chi connectivity index (χ0) is 25.8. The minimum Gasteiger partial charge on any atom is -0.494 e. The van der Waals surface area contributed by atoms with Crippen LogP contribution in [0.5, 0.6) is 11.5 Å². The Hall–Kier alpha value is -4.59. The van der Waals surface area contributed by atoms with E-state index in [1.54, 1.807) is 4.68 Å². The van der Waals surface area contributed by atoms with Crippen molar-refractivity contribution in [3.63, 3.8) is 0 Å². The molecule has 2 heterocycles. The second-order valence-corrected chi connectivity index (χ2v) is 8.52. The molecule has 0 radical (unpaired) electrons. The molecular weight excluding hydrogens is 466 g/mol. The average molecular weight is 496 g/mol. The SMILES string of the molecule is CCOc1ccc(-c2nc3n(n2)C(c2ccccc2OCC)C(C(=O)Nc2ccccc2)=C(C)N3)cc1. The van der Waals surface area contributed by atoms with E-state index in [0.717, 1.165) is 16.9 Å². The number of ether oxygens (including phenoxy) is 2. The van der Waals surface area contributed by atoms with Gasteiger partial charge in [0.05, 0.1) is 18.8 Å². The van der Waals surface area contributed by atoms with Gasteiger partial charge < -0.3 is 20.1 Å². The van der Waals surface area contributed by atoms with E-state index in [-0.39, 0.29) is 5.91 Å². The summed E-state index contributed by atoms with van der Waals surface area (Å²) in [5, 5.41) is 11.2. The van der Waals surface area contributed by atoms with Crippen molar-refractivity contribution in [2.45, 2.75) is 26.8 Å². The fourth-order valence-electron chi connectivity index (χ4n) is 4.44. The van der Waals surface area contributed by atoms with Crippen LogP contribution in [0.2, 0.25) is 0 Å². The van der Waals surface area contributed by atoms with Crippen molar-refractivity contribution >= 4 is 17.5 Å². The maximum atomic E-state index is 13.7. The summed E-state index contributed by atoms with van der Waals surface area (Å²) in [6.07, 6.45) is 0. The Balaban J connectivity index is 1.60. The van der Waals surface area contributed by atoms with E-state index in [0.29, 0.717) is 47.7 Å². The standard InChI is InChI=1S/C29H29N5O3/c1-4-36-22-17-15-20(16-18-22)27-32-29-30-19(3)25(28(35)31-21-11-7-6-8-12-21)26(34(29)33-27)23-13-9-10-14-24(23)37-5-2/h6-18,26H,4-5H2,1-3H3,(H,31,35)(H,30,32,33).